The van der Waals surface area contributed by atoms with Gasteiger partial charge in [-0.1, -0.05) is 31.5 Å². The molecule has 0 spiro atoms. The Kier molecular flexibility index (Phi) is 5.10. The van der Waals surface area contributed by atoms with E-state index >= 15 is 0 Å². The van der Waals surface area contributed by atoms with E-state index in [9.17, 15) is 14.7 Å². The van der Waals surface area contributed by atoms with Crippen LogP contribution >= 0.6 is 0 Å². The predicted molar refractivity (Wildman–Crippen MR) is 75.1 cm³/mol. The number of hydrogen-bond acceptors (Lipinski definition) is 2. The molecular formula is C15H21NO3. The number of aliphatic carboxylic acids is 1. The molecule has 0 saturated heterocycles. The smallest absolute Gasteiger partial charge is 0.318 e. The molecule has 0 heterocycles. The Hall–Kier alpha value is -1.84. The van der Waals surface area contributed by atoms with Crippen molar-refractivity contribution in [3.8, 4) is 0 Å². The quantitative estimate of drug-likeness (QED) is 0.803. The molecule has 1 aromatic rings. The fourth-order valence-electron chi connectivity index (χ4n) is 1.70. The highest BCUT2D eigenvalue weighted by Crippen LogP contribution is 2.24. The van der Waals surface area contributed by atoms with E-state index in [0.717, 1.165) is 18.5 Å². The molecule has 0 unspecified atom stereocenters. The number of benzene rings is 1. The van der Waals surface area contributed by atoms with Crippen molar-refractivity contribution in [2.24, 2.45) is 5.41 Å². The van der Waals surface area contributed by atoms with Crippen molar-refractivity contribution in [1.29, 1.82) is 0 Å². The molecule has 104 valence electrons. The number of carbonyl (C=O) groups is 2. The minimum atomic E-state index is -1.41. The molecule has 0 atom stereocenters. The SMILES string of the molecule is CCCCN(C(=O)C(C)(C)C(=O)O)c1ccccc1. The van der Waals surface area contributed by atoms with Gasteiger partial charge in [0.05, 0.1) is 0 Å². The van der Waals surface area contributed by atoms with Gasteiger partial charge in [0.15, 0.2) is 0 Å². The van der Waals surface area contributed by atoms with E-state index in [2.05, 4.69) is 0 Å². The molecule has 1 amide bonds. The van der Waals surface area contributed by atoms with Gasteiger partial charge >= 0.3 is 5.97 Å². The lowest BCUT2D eigenvalue weighted by Crippen LogP contribution is -2.45. The fraction of sp³-hybridized carbons (Fsp3) is 0.467. The van der Waals surface area contributed by atoms with E-state index in [1.165, 1.54) is 13.8 Å². The lowest BCUT2D eigenvalue weighted by Gasteiger charge is -2.29. The second-order valence-electron chi connectivity index (χ2n) is 5.08. The van der Waals surface area contributed by atoms with E-state index in [0.29, 0.717) is 6.54 Å². The summed E-state index contributed by atoms with van der Waals surface area (Å²) >= 11 is 0. The highest BCUT2D eigenvalue weighted by atomic mass is 16.4. The van der Waals surface area contributed by atoms with E-state index in [1.54, 1.807) is 4.90 Å². The van der Waals surface area contributed by atoms with Gasteiger partial charge in [-0.2, -0.15) is 0 Å². The van der Waals surface area contributed by atoms with Crippen LogP contribution in [0.3, 0.4) is 0 Å². The highest BCUT2D eigenvalue weighted by Gasteiger charge is 2.39. The van der Waals surface area contributed by atoms with Crippen molar-refractivity contribution in [3.05, 3.63) is 30.3 Å². The Balaban J connectivity index is 3.04. The van der Waals surface area contributed by atoms with Crippen LogP contribution in [0.2, 0.25) is 0 Å². The summed E-state index contributed by atoms with van der Waals surface area (Å²) in [5, 5.41) is 9.19. The molecule has 0 bridgehead atoms. The van der Waals surface area contributed by atoms with Crippen LogP contribution in [0.15, 0.2) is 30.3 Å². The number of para-hydroxylation sites is 1. The zero-order valence-corrected chi connectivity index (χ0v) is 11.7. The van der Waals surface area contributed by atoms with E-state index < -0.39 is 11.4 Å². The predicted octanol–water partition coefficient (Wildman–Crippen LogP) is 2.93. The van der Waals surface area contributed by atoms with Crippen molar-refractivity contribution in [2.75, 3.05) is 11.4 Å². The van der Waals surface area contributed by atoms with E-state index in [1.807, 2.05) is 37.3 Å². The van der Waals surface area contributed by atoms with Gasteiger partial charge in [0.25, 0.3) is 0 Å². The van der Waals surface area contributed by atoms with Gasteiger partial charge in [-0.25, -0.2) is 0 Å². The molecule has 0 fully saturated rings. The third kappa shape index (κ3) is 3.56. The molecular weight excluding hydrogens is 242 g/mol. The van der Waals surface area contributed by atoms with Crippen molar-refractivity contribution in [1.82, 2.24) is 0 Å². The maximum atomic E-state index is 12.5. The lowest BCUT2D eigenvalue weighted by molar-refractivity contribution is -0.152. The summed E-state index contributed by atoms with van der Waals surface area (Å²) in [7, 11) is 0. The second-order valence-corrected chi connectivity index (χ2v) is 5.08. The van der Waals surface area contributed by atoms with Gasteiger partial charge in [-0.15, -0.1) is 0 Å². The molecule has 0 radical (unpaired) electrons. The van der Waals surface area contributed by atoms with Crippen molar-refractivity contribution < 1.29 is 14.7 Å². The van der Waals surface area contributed by atoms with Crippen LogP contribution in [0.5, 0.6) is 0 Å². The third-order valence-electron chi connectivity index (χ3n) is 3.12. The van der Waals surface area contributed by atoms with Crippen LogP contribution in [0.1, 0.15) is 33.6 Å². The Morgan fingerprint density at radius 2 is 1.79 bits per heavy atom. The average molecular weight is 263 g/mol. The Labute approximate surface area is 114 Å². The van der Waals surface area contributed by atoms with Gasteiger partial charge in [0.1, 0.15) is 5.41 Å². The molecule has 1 rings (SSSR count). The summed E-state index contributed by atoms with van der Waals surface area (Å²) in [5.41, 5.74) is -0.667. The molecule has 0 aromatic heterocycles. The number of nitrogens with zero attached hydrogens (tertiary/aromatic N) is 1. The number of anilines is 1. The third-order valence-corrected chi connectivity index (χ3v) is 3.12. The van der Waals surface area contributed by atoms with Crippen molar-refractivity contribution in [3.63, 3.8) is 0 Å². The van der Waals surface area contributed by atoms with E-state index in [-0.39, 0.29) is 5.91 Å². The van der Waals surface area contributed by atoms with Gasteiger partial charge < -0.3 is 10.0 Å². The molecule has 19 heavy (non-hydrogen) atoms. The number of amides is 1. The normalized spacial score (nSPS) is 11.1. The topological polar surface area (TPSA) is 57.6 Å². The number of unbranched alkanes of at least 4 members (excludes halogenated alkanes) is 1. The number of carboxylic acid groups (broad SMARTS) is 1. The minimum Gasteiger partial charge on any atom is -0.480 e. The fourth-order valence-corrected chi connectivity index (χ4v) is 1.70. The van der Waals surface area contributed by atoms with Crippen LogP contribution in [-0.2, 0) is 9.59 Å². The van der Waals surface area contributed by atoms with Crippen molar-refractivity contribution in [2.45, 2.75) is 33.6 Å². The zero-order valence-electron chi connectivity index (χ0n) is 11.7. The highest BCUT2D eigenvalue weighted by molar-refractivity contribution is 6.08. The lowest BCUT2D eigenvalue weighted by atomic mass is 9.91. The molecule has 1 aromatic carbocycles. The van der Waals surface area contributed by atoms with Crippen LogP contribution in [-0.4, -0.2) is 23.5 Å². The van der Waals surface area contributed by atoms with Crippen LogP contribution < -0.4 is 4.90 Å². The molecule has 0 saturated carbocycles. The first kappa shape index (κ1) is 15.2. The van der Waals surface area contributed by atoms with Gasteiger partial charge in [0.2, 0.25) is 5.91 Å². The first-order valence-electron chi connectivity index (χ1n) is 6.51. The van der Waals surface area contributed by atoms with Gasteiger partial charge in [-0.3, -0.25) is 9.59 Å². The number of carbonyl (C=O) groups excluding carboxylic acids is 1. The Morgan fingerprint density at radius 1 is 1.21 bits per heavy atom. The summed E-state index contributed by atoms with van der Waals surface area (Å²) in [6.07, 6.45) is 1.79. The maximum absolute atomic E-state index is 12.5. The molecule has 4 nitrogen and oxygen atoms in total. The maximum Gasteiger partial charge on any atom is 0.318 e. The first-order chi connectivity index (χ1) is 8.91. The Bertz CT molecular complexity index is 440. The number of carboxylic acids is 1. The molecule has 1 N–H and O–H groups in total. The van der Waals surface area contributed by atoms with Crippen LogP contribution in [0, 0.1) is 5.41 Å². The summed E-state index contributed by atoms with van der Waals surface area (Å²) < 4.78 is 0. The zero-order chi connectivity index (χ0) is 14.5. The molecule has 0 aliphatic rings. The second kappa shape index (κ2) is 6.36. The van der Waals surface area contributed by atoms with Gasteiger partial charge in [0, 0.05) is 12.2 Å². The van der Waals surface area contributed by atoms with Gasteiger partial charge in [-0.05, 0) is 32.4 Å². The number of hydrogen-bond donors (Lipinski definition) is 1. The first-order valence-corrected chi connectivity index (χ1v) is 6.51. The molecule has 0 aliphatic heterocycles. The monoisotopic (exact) mass is 263 g/mol. The summed E-state index contributed by atoms with van der Waals surface area (Å²) in [4.78, 5) is 25.2. The van der Waals surface area contributed by atoms with E-state index in [4.69, 9.17) is 0 Å². The standard InChI is InChI=1S/C15H21NO3/c1-4-5-11-16(12-9-7-6-8-10-12)13(17)15(2,3)14(18)19/h6-10H,4-5,11H2,1-3H3,(H,18,19). The van der Waals surface area contributed by atoms with Crippen molar-refractivity contribution >= 4 is 17.6 Å². The summed E-state index contributed by atoms with van der Waals surface area (Å²) in [6, 6.07) is 9.20. The number of rotatable bonds is 6. The summed E-state index contributed by atoms with van der Waals surface area (Å²) in [5.74, 6) is -1.48. The molecule has 4 heteroatoms. The van der Waals surface area contributed by atoms with Crippen LogP contribution in [0.25, 0.3) is 0 Å². The summed E-state index contributed by atoms with van der Waals surface area (Å²) in [6.45, 7) is 5.46. The molecule has 0 aliphatic carbocycles. The average Bonchev–Trinajstić information content (AvgIpc) is 2.40. The van der Waals surface area contributed by atoms with Crippen LogP contribution in [0.4, 0.5) is 5.69 Å². The minimum absolute atomic E-state index is 0.375. The Morgan fingerprint density at radius 3 is 2.26 bits per heavy atom. The largest absolute Gasteiger partial charge is 0.480 e.